The van der Waals surface area contributed by atoms with Gasteiger partial charge in [0.15, 0.2) is 16.6 Å². The highest BCUT2D eigenvalue weighted by Crippen LogP contribution is 2.31. The van der Waals surface area contributed by atoms with Crippen molar-refractivity contribution in [2.75, 3.05) is 19.5 Å². The molecular weight excluding hydrogens is 324 g/mol. The number of aromatic nitrogens is 1. The van der Waals surface area contributed by atoms with E-state index < -0.39 is 0 Å². The minimum absolute atomic E-state index is 0.232. The monoisotopic (exact) mass is 342 g/mol. The van der Waals surface area contributed by atoms with Crippen molar-refractivity contribution < 1.29 is 14.3 Å². The molecule has 0 saturated carbocycles. The first-order chi connectivity index (χ1) is 11.5. The van der Waals surface area contributed by atoms with Gasteiger partial charge in [-0.1, -0.05) is 17.4 Å². The average molecular weight is 342 g/mol. The maximum atomic E-state index is 12.5. The number of carbonyl (C=O) groups excluding carboxylic acids is 1. The molecule has 124 valence electrons. The largest absolute Gasteiger partial charge is 0.493 e. The molecule has 1 amide bonds. The van der Waals surface area contributed by atoms with E-state index in [0.717, 1.165) is 21.3 Å². The fraction of sp³-hybridized carbons (Fsp3) is 0.222. The highest BCUT2D eigenvalue weighted by molar-refractivity contribution is 7.22. The summed E-state index contributed by atoms with van der Waals surface area (Å²) in [7, 11) is 3.10. The van der Waals surface area contributed by atoms with Gasteiger partial charge in [-0.3, -0.25) is 10.1 Å². The number of nitrogens with one attached hydrogen (secondary N) is 1. The van der Waals surface area contributed by atoms with E-state index in [-0.39, 0.29) is 5.91 Å². The zero-order chi connectivity index (χ0) is 17.3. The summed E-state index contributed by atoms with van der Waals surface area (Å²) in [5.41, 5.74) is 3.71. The summed E-state index contributed by atoms with van der Waals surface area (Å²) in [6.45, 7) is 4.08. The zero-order valence-corrected chi connectivity index (χ0v) is 14.8. The van der Waals surface area contributed by atoms with E-state index in [1.807, 2.05) is 19.9 Å². The Hall–Kier alpha value is -2.60. The number of nitrogens with zero attached hydrogens (tertiary/aromatic N) is 1. The van der Waals surface area contributed by atoms with E-state index in [2.05, 4.69) is 16.4 Å². The molecule has 0 atom stereocenters. The van der Waals surface area contributed by atoms with Gasteiger partial charge in [0.2, 0.25) is 0 Å². The van der Waals surface area contributed by atoms with Crippen molar-refractivity contribution in [1.82, 2.24) is 4.98 Å². The Labute approximate surface area is 144 Å². The van der Waals surface area contributed by atoms with Crippen LogP contribution in [0.15, 0.2) is 30.3 Å². The summed E-state index contributed by atoms with van der Waals surface area (Å²) >= 11 is 1.47. The van der Waals surface area contributed by atoms with Gasteiger partial charge in [0, 0.05) is 5.56 Å². The van der Waals surface area contributed by atoms with E-state index in [0.29, 0.717) is 22.2 Å². The lowest BCUT2D eigenvalue weighted by Gasteiger charge is -2.09. The van der Waals surface area contributed by atoms with E-state index in [9.17, 15) is 4.79 Å². The van der Waals surface area contributed by atoms with Gasteiger partial charge in [-0.2, -0.15) is 0 Å². The standard InChI is InChI=1S/C18H18N2O3S/c1-10-7-11(2)16-13(8-10)19-18(24-16)20-17(21)12-5-6-14(22-3)15(9-12)23-4/h5-9H,1-4H3,(H,19,20,21). The third-order valence-corrected chi connectivity index (χ3v) is 4.81. The van der Waals surface area contributed by atoms with Gasteiger partial charge < -0.3 is 9.47 Å². The number of fused-ring (bicyclic) bond motifs is 1. The second kappa shape index (κ2) is 6.49. The Bertz CT molecular complexity index is 918. The van der Waals surface area contributed by atoms with E-state index in [1.54, 1.807) is 25.3 Å². The van der Waals surface area contributed by atoms with Crippen LogP contribution in [0.1, 0.15) is 21.5 Å². The molecule has 0 bridgehead atoms. The average Bonchev–Trinajstić information content (AvgIpc) is 2.96. The lowest BCUT2D eigenvalue weighted by molar-refractivity contribution is 0.102. The molecule has 0 saturated heterocycles. The number of aryl methyl sites for hydroxylation is 2. The van der Waals surface area contributed by atoms with Crippen LogP contribution in [0.2, 0.25) is 0 Å². The number of ether oxygens (including phenoxy) is 2. The molecule has 2 aromatic carbocycles. The van der Waals surface area contributed by atoms with Crippen LogP contribution in [-0.4, -0.2) is 25.1 Å². The Kier molecular flexibility index (Phi) is 4.40. The van der Waals surface area contributed by atoms with Crippen molar-refractivity contribution in [1.29, 1.82) is 0 Å². The minimum atomic E-state index is -0.232. The third-order valence-electron chi connectivity index (χ3n) is 3.69. The van der Waals surface area contributed by atoms with E-state index in [4.69, 9.17) is 9.47 Å². The molecule has 0 aliphatic rings. The number of methoxy groups -OCH3 is 2. The van der Waals surface area contributed by atoms with Crippen molar-refractivity contribution in [3.63, 3.8) is 0 Å². The Morgan fingerprint density at radius 1 is 1.08 bits per heavy atom. The quantitative estimate of drug-likeness (QED) is 0.772. The van der Waals surface area contributed by atoms with Crippen LogP contribution >= 0.6 is 11.3 Å². The predicted octanol–water partition coefficient (Wildman–Crippen LogP) is 4.18. The van der Waals surface area contributed by atoms with Gasteiger partial charge in [0.25, 0.3) is 5.91 Å². The molecule has 1 N–H and O–H groups in total. The normalized spacial score (nSPS) is 10.7. The number of hydrogen-bond acceptors (Lipinski definition) is 5. The summed E-state index contributed by atoms with van der Waals surface area (Å²) < 4.78 is 11.5. The van der Waals surface area contributed by atoms with Crippen molar-refractivity contribution in [2.45, 2.75) is 13.8 Å². The maximum absolute atomic E-state index is 12.5. The molecule has 0 aliphatic carbocycles. The fourth-order valence-corrected chi connectivity index (χ4v) is 3.49. The van der Waals surface area contributed by atoms with Gasteiger partial charge in [-0.25, -0.2) is 4.98 Å². The molecule has 24 heavy (non-hydrogen) atoms. The van der Waals surface area contributed by atoms with E-state index >= 15 is 0 Å². The second-order valence-corrected chi connectivity index (χ2v) is 6.47. The second-order valence-electron chi connectivity index (χ2n) is 5.47. The van der Waals surface area contributed by atoms with Crippen LogP contribution < -0.4 is 14.8 Å². The third kappa shape index (κ3) is 3.05. The number of rotatable bonds is 4. The summed E-state index contributed by atoms with van der Waals surface area (Å²) in [6.07, 6.45) is 0. The van der Waals surface area contributed by atoms with Crippen LogP contribution in [0.25, 0.3) is 10.2 Å². The number of benzene rings is 2. The lowest BCUT2D eigenvalue weighted by atomic mass is 10.1. The SMILES string of the molecule is COc1ccc(C(=O)Nc2nc3cc(C)cc(C)c3s2)cc1OC. The Morgan fingerprint density at radius 2 is 1.83 bits per heavy atom. The molecule has 1 aromatic heterocycles. The number of carbonyl (C=O) groups is 1. The molecular formula is C18H18N2O3S. The van der Waals surface area contributed by atoms with Crippen molar-refractivity contribution >= 4 is 32.6 Å². The van der Waals surface area contributed by atoms with Gasteiger partial charge in [0.05, 0.1) is 24.4 Å². The Morgan fingerprint density at radius 3 is 2.54 bits per heavy atom. The molecule has 0 radical (unpaired) electrons. The topological polar surface area (TPSA) is 60.5 Å². The summed E-state index contributed by atoms with van der Waals surface area (Å²) in [4.78, 5) is 17.0. The maximum Gasteiger partial charge on any atom is 0.257 e. The molecule has 0 fully saturated rings. The smallest absolute Gasteiger partial charge is 0.257 e. The highest BCUT2D eigenvalue weighted by Gasteiger charge is 2.14. The van der Waals surface area contributed by atoms with Gasteiger partial charge in [-0.05, 0) is 49.2 Å². The highest BCUT2D eigenvalue weighted by atomic mass is 32.1. The first-order valence-corrected chi connectivity index (χ1v) is 8.24. The molecule has 3 aromatic rings. The van der Waals surface area contributed by atoms with Crippen LogP contribution in [0.4, 0.5) is 5.13 Å². The lowest BCUT2D eigenvalue weighted by Crippen LogP contribution is -2.11. The number of anilines is 1. The molecule has 5 nitrogen and oxygen atoms in total. The fourth-order valence-electron chi connectivity index (χ4n) is 2.58. The van der Waals surface area contributed by atoms with E-state index in [1.165, 1.54) is 18.4 Å². The van der Waals surface area contributed by atoms with Gasteiger partial charge in [0.1, 0.15) is 0 Å². The first-order valence-electron chi connectivity index (χ1n) is 7.43. The van der Waals surface area contributed by atoms with Crippen LogP contribution in [0.3, 0.4) is 0 Å². The van der Waals surface area contributed by atoms with Gasteiger partial charge >= 0.3 is 0 Å². The van der Waals surface area contributed by atoms with Crippen molar-refractivity contribution in [2.24, 2.45) is 0 Å². The summed E-state index contributed by atoms with van der Waals surface area (Å²) in [5.74, 6) is 0.866. The molecule has 0 aliphatic heterocycles. The number of amides is 1. The number of thiazole rings is 1. The zero-order valence-electron chi connectivity index (χ0n) is 14.0. The minimum Gasteiger partial charge on any atom is -0.493 e. The van der Waals surface area contributed by atoms with Crippen LogP contribution in [0, 0.1) is 13.8 Å². The molecule has 0 unspecified atom stereocenters. The molecule has 6 heteroatoms. The van der Waals surface area contributed by atoms with Gasteiger partial charge in [-0.15, -0.1) is 0 Å². The van der Waals surface area contributed by atoms with Crippen molar-refractivity contribution in [3.8, 4) is 11.5 Å². The molecule has 1 heterocycles. The first kappa shape index (κ1) is 16.3. The predicted molar refractivity (Wildman–Crippen MR) is 96.6 cm³/mol. The van der Waals surface area contributed by atoms with Crippen molar-refractivity contribution in [3.05, 3.63) is 47.0 Å². The molecule has 3 rings (SSSR count). The van der Waals surface area contributed by atoms with Crippen LogP contribution in [-0.2, 0) is 0 Å². The summed E-state index contributed by atoms with van der Waals surface area (Å²) in [5, 5.41) is 3.44. The Balaban J connectivity index is 1.88. The summed E-state index contributed by atoms with van der Waals surface area (Å²) in [6, 6.07) is 9.18. The molecule has 0 spiro atoms. The van der Waals surface area contributed by atoms with Crippen LogP contribution in [0.5, 0.6) is 11.5 Å². The number of hydrogen-bond donors (Lipinski definition) is 1.